The first-order chi connectivity index (χ1) is 14.4. The van der Waals surface area contributed by atoms with Crippen LogP contribution in [-0.4, -0.2) is 51.1 Å². The zero-order valence-electron chi connectivity index (χ0n) is 17.5. The van der Waals surface area contributed by atoms with Gasteiger partial charge in [-0.1, -0.05) is 12.1 Å². The molecule has 4 nitrogen and oxygen atoms in total. The smallest absolute Gasteiger partial charge is 0.268 e. The van der Waals surface area contributed by atoms with Crippen molar-refractivity contribution in [3.63, 3.8) is 0 Å². The zero-order valence-corrected chi connectivity index (χ0v) is 18.3. The van der Waals surface area contributed by atoms with E-state index < -0.39 is 0 Å². The molecule has 0 N–H and O–H groups in total. The van der Waals surface area contributed by atoms with E-state index in [1.807, 2.05) is 24.3 Å². The van der Waals surface area contributed by atoms with Crippen LogP contribution in [-0.2, 0) is 0 Å². The monoisotopic (exact) mass is 423 g/mol. The molecule has 6 heteroatoms. The number of nitrogens with zero attached hydrogens (tertiary/aromatic N) is 3. The van der Waals surface area contributed by atoms with Crippen molar-refractivity contribution >= 4 is 28.6 Å². The summed E-state index contributed by atoms with van der Waals surface area (Å²) in [5.41, 5.74) is 2.97. The predicted octanol–water partition coefficient (Wildman–Crippen LogP) is 4.97. The largest absolute Gasteiger partial charge is 0.370 e. The highest BCUT2D eigenvalue weighted by Gasteiger charge is 2.24. The lowest BCUT2D eigenvalue weighted by Crippen LogP contribution is -2.31. The van der Waals surface area contributed by atoms with Crippen molar-refractivity contribution in [1.82, 2.24) is 4.90 Å². The number of carbonyl (C=O) groups excluding carboxylic acids is 1. The standard InChI is InChI=1S/C24H26FN3OS/c1-26(2)21-14-15-28(16-21)20-10-8-19(9-11-20)27(3)24(29)23-13-12-22(30-23)17-4-6-18(25)7-5-17/h4-13,21H,14-16H2,1-3H3. The van der Waals surface area contributed by atoms with Gasteiger partial charge in [0, 0.05) is 42.4 Å². The second kappa shape index (κ2) is 8.58. The van der Waals surface area contributed by atoms with Gasteiger partial charge in [0.1, 0.15) is 5.82 Å². The number of amides is 1. The molecule has 1 fully saturated rings. The molecule has 0 aliphatic carbocycles. The van der Waals surface area contributed by atoms with E-state index >= 15 is 0 Å². The average Bonchev–Trinajstić information content (AvgIpc) is 3.44. The lowest BCUT2D eigenvalue weighted by molar-refractivity contribution is 0.0997. The molecule has 3 aromatic rings. The van der Waals surface area contributed by atoms with Crippen LogP contribution in [0.25, 0.3) is 10.4 Å². The Morgan fingerprint density at radius 1 is 1.00 bits per heavy atom. The maximum Gasteiger partial charge on any atom is 0.268 e. The summed E-state index contributed by atoms with van der Waals surface area (Å²) in [4.78, 5) is 20.9. The number of carbonyl (C=O) groups is 1. The molecular formula is C24H26FN3OS. The van der Waals surface area contributed by atoms with Crippen LogP contribution in [0.1, 0.15) is 16.1 Å². The third-order valence-electron chi connectivity index (χ3n) is 5.75. The van der Waals surface area contributed by atoms with Gasteiger partial charge in [-0.2, -0.15) is 0 Å². The molecular weight excluding hydrogens is 397 g/mol. The summed E-state index contributed by atoms with van der Waals surface area (Å²) in [6.07, 6.45) is 1.17. The van der Waals surface area contributed by atoms with Crippen molar-refractivity contribution in [1.29, 1.82) is 0 Å². The number of likely N-dealkylation sites (N-methyl/N-ethyl adjacent to an activating group) is 1. The fourth-order valence-corrected chi connectivity index (χ4v) is 4.78. The predicted molar refractivity (Wildman–Crippen MR) is 123 cm³/mol. The van der Waals surface area contributed by atoms with E-state index in [9.17, 15) is 9.18 Å². The molecule has 1 aromatic heterocycles. The molecule has 156 valence electrons. The van der Waals surface area contributed by atoms with Crippen LogP contribution >= 0.6 is 11.3 Å². The summed E-state index contributed by atoms with van der Waals surface area (Å²) in [6.45, 7) is 2.08. The normalized spacial score (nSPS) is 16.3. The molecule has 2 heterocycles. The maximum atomic E-state index is 13.1. The summed E-state index contributed by atoms with van der Waals surface area (Å²) >= 11 is 1.42. The van der Waals surface area contributed by atoms with Crippen LogP contribution in [0.15, 0.2) is 60.7 Å². The molecule has 30 heavy (non-hydrogen) atoms. The molecule has 1 saturated heterocycles. The Kier molecular flexibility index (Phi) is 5.88. The topological polar surface area (TPSA) is 26.8 Å². The fraction of sp³-hybridized carbons (Fsp3) is 0.292. The molecule has 1 unspecified atom stereocenters. The van der Waals surface area contributed by atoms with Crippen LogP contribution in [0.2, 0.25) is 0 Å². The highest BCUT2D eigenvalue weighted by Crippen LogP contribution is 2.30. The second-order valence-electron chi connectivity index (χ2n) is 7.90. The van der Waals surface area contributed by atoms with Crippen molar-refractivity contribution < 1.29 is 9.18 Å². The number of rotatable bonds is 5. The van der Waals surface area contributed by atoms with Crippen molar-refractivity contribution in [3.8, 4) is 10.4 Å². The third-order valence-corrected chi connectivity index (χ3v) is 6.87. The highest BCUT2D eigenvalue weighted by molar-refractivity contribution is 7.17. The summed E-state index contributed by atoms with van der Waals surface area (Å²) in [6, 6.07) is 18.9. The number of hydrogen-bond donors (Lipinski definition) is 0. The van der Waals surface area contributed by atoms with Gasteiger partial charge in [0.2, 0.25) is 0 Å². The minimum absolute atomic E-state index is 0.0463. The minimum Gasteiger partial charge on any atom is -0.370 e. The Hall–Kier alpha value is -2.70. The number of anilines is 2. The first kappa shape index (κ1) is 20.6. The van der Waals surface area contributed by atoms with Crippen LogP contribution < -0.4 is 9.80 Å². The van der Waals surface area contributed by atoms with Crippen molar-refractivity contribution in [3.05, 3.63) is 71.4 Å². The molecule has 4 rings (SSSR count). The van der Waals surface area contributed by atoms with Crippen molar-refractivity contribution in [2.24, 2.45) is 0 Å². The zero-order chi connectivity index (χ0) is 21.3. The molecule has 0 saturated carbocycles. The molecule has 1 atom stereocenters. The summed E-state index contributed by atoms with van der Waals surface area (Å²) < 4.78 is 13.1. The first-order valence-corrected chi connectivity index (χ1v) is 10.9. The molecule has 0 spiro atoms. The van der Waals surface area contributed by atoms with E-state index in [1.54, 1.807) is 24.1 Å². The number of hydrogen-bond acceptors (Lipinski definition) is 4. The van der Waals surface area contributed by atoms with Crippen molar-refractivity contribution in [2.45, 2.75) is 12.5 Å². The van der Waals surface area contributed by atoms with Gasteiger partial charge in [-0.3, -0.25) is 4.79 Å². The third kappa shape index (κ3) is 4.25. The number of thiophene rings is 1. The first-order valence-electron chi connectivity index (χ1n) is 10.1. The van der Waals surface area contributed by atoms with E-state index in [0.717, 1.165) is 29.2 Å². The fourth-order valence-electron chi connectivity index (χ4n) is 3.79. The molecule has 1 aliphatic heterocycles. The molecule has 0 radical (unpaired) electrons. The summed E-state index contributed by atoms with van der Waals surface area (Å²) in [5.74, 6) is -0.309. The molecule has 1 amide bonds. The van der Waals surface area contributed by atoms with Gasteiger partial charge in [0.15, 0.2) is 0 Å². The molecule has 1 aliphatic rings. The maximum absolute atomic E-state index is 13.1. The van der Waals surface area contributed by atoms with E-state index in [-0.39, 0.29) is 11.7 Å². The SMILES string of the molecule is CN(C(=O)c1ccc(-c2ccc(F)cc2)s1)c1ccc(N2CCC(N(C)C)C2)cc1. The number of halogens is 1. The lowest BCUT2D eigenvalue weighted by Gasteiger charge is -2.23. The molecule has 0 bridgehead atoms. The van der Waals surface area contributed by atoms with E-state index in [1.165, 1.54) is 35.6 Å². The van der Waals surface area contributed by atoms with Gasteiger partial charge in [-0.05, 0) is 74.6 Å². The van der Waals surface area contributed by atoms with Crippen LogP contribution in [0.4, 0.5) is 15.8 Å². The summed E-state index contributed by atoms with van der Waals surface area (Å²) in [5, 5.41) is 0. The highest BCUT2D eigenvalue weighted by atomic mass is 32.1. The van der Waals surface area contributed by atoms with Gasteiger partial charge >= 0.3 is 0 Å². The van der Waals surface area contributed by atoms with Crippen molar-refractivity contribution in [2.75, 3.05) is 44.0 Å². The van der Waals surface area contributed by atoms with Gasteiger partial charge in [-0.15, -0.1) is 11.3 Å². The van der Waals surface area contributed by atoms with E-state index in [0.29, 0.717) is 10.9 Å². The van der Waals surface area contributed by atoms with Crippen LogP contribution in [0.3, 0.4) is 0 Å². The quantitative estimate of drug-likeness (QED) is 0.580. The Morgan fingerprint density at radius 3 is 2.33 bits per heavy atom. The van der Waals surface area contributed by atoms with Gasteiger partial charge in [0.05, 0.1) is 4.88 Å². The Bertz CT molecular complexity index is 1010. The lowest BCUT2D eigenvalue weighted by atomic mass is 10.2. The minimum atomic E-state index is -0.263. The van der Waals surface area contributed by atoms with Crippen LogP contribution in [0, 0.1) is 5.82 Å². The Morgan fingerprint density at radius 2 is 1.70 bits per heavy atom. The van der Waals surface area contributed by atoms with E-state index in [2.05, 4.69) is 36.0 Å². The van der Waals surface area contributed by atoms with Gasteiger partial charge in [-0.25, -0.2) is 4.39 Å². The average molecular weight is 424 g/mol. The van der Waals surface area contributed by atoms with Crippen LogP contribution in [0.5, 0.6) is 0 Å². The van der Waals surface area contributed by atoms with Gasteiger partial charge < -0.3 is 14.7 Å². The Labute approximate surface area is 181 Å². The van der Waals surface area contributed by atoms with Gasteiger partial charge in [0.25, 0.3) is 5.91 Å². The number of benzene rings is 2. The summed E-state index contributed by atoms with van der Waals surface area (Å²) in [7, 11) is 6.06. The van der Waals surface area contributed by atoms with E-state index in [4.69, 9.17) is 0 Å². The second-order valence-corrected chi connectivity index (χ2v) is 8.99. The Balaban J connectivity index is 1.45. The molecule has 2 aromatic carbocycles.